The molecule has 0 radical (unpaired) electrons. The second-order valence-corrected chi connectivity index (χ2v) is 10.8. The number of esters is 1. The molecular formula is C25H30F3NO5S. The predicted octanol–water partition coefficient (Wildman–Crippen LogP) is 4.55. The van der Waals surface area contributed by atoms with Crippen molar-refractivity contribution >= 4 is 16.1 Å². The van der Waals surface area contributed by atoms with Crippen molar-refractivity contribution in [1.29, 1.82) is 0 Å². The van der Waals surface area contributed by atoms with Crippen LogP contribution in [0.15, 0.2) is 54.6 Å². The molecule has 2 aromatic rings. The van der Waals surface area contributed by atoms with Gasteiger partial charge in [0.2, 0.25) is 0 Å². The average molecular weight is 514 g/mol. The number of halogens is 3. The molecule has 1 aliphatic heterocycles. The van der Waals surface area contributed by atoms with Crippen LogP contribution in [0.4, 0.5) is 13.2 Å². The number of nitrogens with zero attached hydrogens (tertiary/aromatic N) is 1. The lowest BCUT2D eigenvalue weighted by Gasteiger charge is -2.45. The molecule has 0 N–H and O–H groups in total. The number of carbonyl (C=O) groups excluding carboxylic acids is 1. The Labute approximate surface area is 204 Å². The van der Waals surface area contributed by atoms with Crippen molar-refractivity contribution in [2.45, 2.75) is 37.6 Å². The maximum atomic E-state index is 12.7. The third kappa shape index (κ3) is 6.35. The second-order valence-electron chi connectivity index (χ2n) is 9.25. The van der Waals surface area contributed by atoms with E-state index in [1.807, 2.05) is 44.2 Å². The zero-order chi connectivity index (χ0) is 25.9. The lowest BCUT2D eigenvalue weighted by Crippen LogP contribution is -2.49. The van der Waals surface area contributed by atoms with Crippen LogP contribution in [0.3, 0.4) is 0 Å². The number of benzene rings is 2. The summed E-state index contributed by atoms with van der Waals surface area (Å²) >= 11 is 0. The highest BCUT2D eigenvalue weighted by molar-refractivity contribution is 7.88. The fourth-order valence-electron chi connectivity index (χ4n) is 4.59. The van der Waals surface area contributed by atoms with Crippen molar-refractivity contribution in [3.8, 4) is 5.75 Å². The molecule has 0 spiro atoms. The SMILES string of the molecule is COC(=O)C(Cc1ccccc1)CN1CC[C@@](C)(c2cccc(OS(=O)(=O)C(F)(F)F)c2)[C@@H](C)C1. The van der Waals surface area contributed by atoms with Crippen LogP contribution in [0.2, 0.25) is 0 Å². The number of carbonyl (C=O) groups is 1. The van der Waals surface area contributed by atoms with E-state index < -0.39 is 21.0 Å². The smallest absolute Gasteiger partial charge is 0.469 e. The van der Waals surface area contributed by atoms with E-state index in [0.29, 0.717) is 38.0 Å². The fraction of sp³-hybridized carbons (Fsp3) is 0.480. The molecule has 35 heavy (non-hydrogen) atoms. The molecule has 1 heterocycles. The summed E-state index contributed by atoms with van der Waals surface area (Å²) in [5.41, 5.74) is -4.17. The molecular weight excluding hydrogens is 483 g/mol. The summed E-state index contributed by atoms with van der Waals surface area (Å²) in [5.74, 6) is -0.904. The summed E-state index contributed by atoms with van der Waals surface area (Å²) in [6.07, 6.45) is 1.23. The van der Waals surface area contributed by atoms with Gasteiger partial charge in [0.1, 0.15) is 5.75 Å². The number of rotatable bonds is 8. The summed E-state index contributed by atoms with van der Waals surface area (Å²) in [5, 5.41) is 0. The van der Waals surface area contributed by atoms with Gasteiger partial charge in [-0.15, -0.1) is 0 Å². The molecule has 0 bridgehead atoms. The fourth-order valence-corrected chi connectivity index (χ4v) is 5.04. The van der Waals surface area contributed by atoms with Gasteiger partial charge in [-0.2, -0.15) is 21.6 Å². The van der Waals surface area contributed by atoms with Gasteiger partial charge in [-0.05, 0) is 54.0 Å². The molecule has 0 amide bonds. The quantitative estimate of drug-likeness (QED) is 0.293. The molecule has 10 heteroatoms. The van der Waals surface area contributed by atoms with Crippen LogP contribution in [0.5, 0.6) is 5.75 Å². The number of piperidine rings is 1. The highest BCUT2D eigenvalue weighted by Crippen LogP contribution is 2.41. The van der Waals surface area contributed by atoms with E-state index in [1.54, 1.807) is 6.07 Å². The van der Waals surface area contributed by atoms with E-state index in [-0.39, 0.29) is 23.6 Å². The van der Waals surface area contributed by atoms with Crippen LogP contribution in [0, 0.1) is 11.8 Å². The largest absolute Gasteiger partial charge is 0.534 e. The van der Waals surface area contributed by atoms with Crippen LogP contribution >= 0.6 is 0 Å². The maximum absolute atomic E-state index is 12.7. The third-order valence-electron chi connectivity index (χ3n) is 6.89. The summed E-state index contributed by atoms with van der Waals surface area (Å²) < 4.78 is 70.4. The van der Waals surface area contributed by atoms with Crippen LogP contribution in [0.1, 0.15) is 31.4 Å². The summed E-state index contributed by atoms with van der Waals surface area (Å²) in [7, 11) is -4.36. The van der Waals surface area contributed by atoms with Crippen molar-refractivity contribution in [1.82, 2.24) is 4.90 Å². The van der Waals surface area contributed by atoms with Crippen molar-refractivity contribution in [2.75, 3.05) is 26.7 Å². The van der Waals surface area contributed by atoms with Crippen molar-refractivity contribution < 1.29 is 35.3 Å². The monoisotopic (exact) mass is 513 g/mol. The lowest BCUT2D eigenvalue weighted by atomic mass is 9.68. The molecule has 1 unspecified atom stereocenters. The molecule has 1 saturated heterocycles. The van der Waals surface area contributed by atoms with Crippen molar-refractivity contribution in [3.63, 3.8) is 0 Å². The van der Waals surface area contributed by atoms with Gasteiger partial charge in [-0.25, -0.2) is 0 Å². The zero-order valence-electron chi connectivity index (χ0n) is 19.9. The number of methoxy groups -OCH3 is 1. The van der Waals surface area contributed by atoms with Gasteiger partial charge in [0, 0.05) is 13.1 Å². The van der Waals surface area contributed by atoms with Gasteiger partial charge in [0.25, 0.3) is 0 Å². The van der Waals surface area contributed by atoms with Gasteiger partial charge in [0.05, 0.1) is 13.0 Å². The summed E-state index contributed by atoms with van der Waals surface area (Å²) in [6, 6.07) is 15.5. The number of ether oxygens (including phenoxy) is 1. The topological polar surface area (TPSA) is 72.9 Å². The van der Waals surface area contributed by atoms with Crippen LogP contribution in [0.25, 0.3) is 0 Å². The van der Waals surface area contributed by atoms with E-state index in [0.717, 1.165) is 5.56 Å². The minimum absolute atomic E-state index is 0.0701. The molecule has 192 valence electrons. The second kappa shape index (κ2) is 10.6. The van der Waals surface area contributed by atoms with Gasteiger partial charge in [0.15, 0.2) is 0 Å². The Hall–Kier alpha value is -2.59. The van der Waals surface area contributed by atoms with Crippen LogP contribution in [-0.4, -0.2) is 51.5 Å². The predicted molar refractivity (Wildman–Crippen MR) is 125 cm³/mol. The highest BCUT2D eigenvalue weighted by atomic mass is 32.2. The van der Waals surface area contributed by atoms with Crippen molar-refractivity contribution in [3.05, 3.63) is 65.7 Å². The van der Waals surface area contributed by atoms with Crippen LogP contribution in [-0.2, 0) is 31.5 Å². The molecule has 0 saturated carbocycles. The number of hydrogen-bond donors (Lipinski definition) is 0. The molecule has 0 aliphatic carbocycles. The summed E-state index contributed by atoms with van der Waals surface area (Å²) in [6.45, 7) is 5.89. The minimum atomic E-state index is -5.74. The third-order valence-corrected chi connectivity index (χ3v) is 7.87. The Morgan fingerprint density at radius 2 is 1.86 bits per heavy atom. The molecule has 0 aromatic heterocycles. The van der Waals surface area contributed by atoms with E-state index in [2.05, 4.69) is 9.08 Å². The van der Waals surface area contributed by atoms with Gasteiger partial charge < -0.3 is 13.8 Å². The molecule has 3 rings (SSSR count). The average Bonchev–Trinajstić information content (AvgIpc) is 2.80. The zero-order valence-corrected chi connectivity index (χ0v) is 20.7. The standard InChI is InChI=1S/C25H30F3NO5S/c1-18-16-29(17-20(23(30)33-3)14-19-8-5-4-6-9-19)13-12-24(18,2)21-10-7-11-22(15-21)34-35(31,32)25(26,27)28/h4-11,15,18,20H,12-14,16-17H2,1-3H3/t18-,20?,24+/m0/s1. The molecule has 1 fully saturated rings. The molecule has 1 aliphatic rings. The van der Waals surface area contributed by atoms with E-state index in [1.165, 1.54) is 25.3 Å². The Kier molecular flexibility index (Phi) is 8.16. The van der Waals surface area contributed by atoms with Gasteiger partial charge in [-0.3, -0.25) is 4.79 Å². The summed E-state index contributed by atoms with van der Waals surface area (Å²) in [4.78, 5) is 14.7. The van der Waals surface area contributed by atoms with Gasteiger partial charge >= 0.3 is 21.6 Å². The first-order valence-electron chi connectivity index (χ1n) is 11.3. The first-order chi connectivity index (χ1) is 16.4. The van der Waals surface area contributed by atoms with Gasteiger partial charge in [-0.1, -0.05) is 56.3 Å². The van der Waals surface area contributed by atoms with E-state index in [4.69, 9.17) is 4.74 Å². The molecule has 2 aromatic carbocycles. The first-order valence-corrected chi connectivity index (χ1v) is 12.7. The van der Waals surface area contributed by atoms with Crippen molar-refractivity contribution in [2.24, 2.45) is 11.8 Å². The maximum Gasteiger partial charge on any atom is 0.534 e. The first kappa shape index (κ1) is 27.0. The minimum Gasteiger partial charge on any atom is -0.469 e. The Morgan fingerprint density at radius 1 is 1.17 bits per heavy atom. The van der Waals surface area contributed by atoms with Crippen LogP contribution < -0.4 is 4.18 Å². The van der Waals surface area contributed by atoms with E-state index >= 15 is 0 Å². The number of hydrogen-bond acceptors (Lipinski definition) is 6. The van der Waals surface area contributed by atoms with E-state index in [9.17, 15) is 26.4 Å². The Balaban J connectivity index is 1.72. The number of alkyl halides is 3. The Bertz CT molecular complexity index is 1120. The highest BCUT2D eigenvalue weighted by Gasteiger charge is 2.48. The Morgan fingerprint density at radius 3 is 2.46 bits per heavy atom. The normalized spacial score (nSPS) is 22.4. The number of likely N-dealkylation sites (tertiary alicyclic amines) is 1. The molecule has 6 nitrogen and oxygen atoms in total. The lowest BCUT2D eigenvalue weighted by molar-refractivity contribution is -0.146. The molecule has 3 atom stereocenters.